The smallest absolute Gasteiger partial charge is 0.250 e. The highest BCUT2D eigenvalue weighted by Gasteiger charge is 2.20. The maximum Gasteiger partial charge on any atom is 0.250 e. The molecule has 1 aliphatic heterocycles. The van der Waals surface area contributed by atoms with E-state index in [1.807, 2.05) is 29.6 Å². The standard InChI is InChI=1S/C13H22N2O2S4/c1-2-5-14-8-11-3-4-13(20-11)21(16,17)15-9-12-10-18-6-7-19-12/h3-4,12,14-15H,2,5-10H2,1H3. The molecule has 2 N–H and O–H groups in total. The van der Waals surface area contributed by atoms with E-state index in [2.05, 4.69) is 17.0 Å². The Hall–Kier alpha value is 0.270. The van der Waals surface area contributed by atoms with Crippen molar-refractivity contribution >= 4 is 44.9 Å². The fourth-order valence-corrected chi connectivity index (χ4v) is 7.08. The van der Waals surface area contributed by atoms with E-state index in [1.54, 1.807) is 6.07 Å². The Morgan fingerprint density at radius 3 is 2.90 bits per heavy atom. The van der Waals surface area contributed by atoms with Crippen LogP contribution < -0.4 is 10.0 Å². The predicted molar refractivity (Wildman–Crippen MR) is 95.1 cm³/mol. The quantitative estimate of drug-likeness (QED) is 0.692. The molecule has 0 radical (unpaired) electrons. The van der Waals surface area contributed by atoms with Crippen LogP contribution >= 0.6 is 34.9 Å². The van der Waals surface area contributed by atoms with Crippen molar-refractivity contribution < 1.29 is 8.42 Å². The Bertz CT molecular complexity index is 524. The maximum atomic E-state index is 12.3. The van der Waals surface area contributed by atoms with Crippen molar-refractivity contribution in [1.82, 2.24) is 10.0 Å². The van der Waals surface area contributed by atoms with E-state index in [9.17, 15) is 8.42 Å². The van der Waals surface area contributed by atoms with E-state index < -0.39 is 10.0 Å². The molecule has 0 saturated carbocycles. The number of rotatable bonds is 8. The maximum absolute atomic E-state index is 12.3. The molecule has 0 bridgehead atoms. The summed E-state index contributed by atoms with van der Waals surface area (Å²) < 4.78 is 27.7. The minimum Gasteiger partial charge on any atom is -0.312 e. The molecule has 0 spiro atoms. The molecule has 1 saturated heterocycles. The molecule has 1 unspecified atom stereocenters. The van der Waals surface area contributed by atoms with E-state index >= 15 is 0 Å². The van der Waals surface area contributed by atoms with Gasteiger partial charge in [0, 0.05) is 40.5 Å². The summed E-state index contributed by atoms with van der Waals surface area (Å²) in [5, 5.41) is 3.68. The summed E-state index contributed by atoms with van der Waals surface area (Å²) in [4.78, 5) is 1.06. The van der Waals surface area contributed by atoms with Crippen molar-refractivity contribution in [3.63, 3.8) is 0 Å². The van der Waals surface area contributed by atoms with Crippen LogP contribution in [0.4, 0.5) is 0 Å². The second kappa shape index (κ2) is 8.79. The highest BCUT2D eigenvalue weighted by molar-refractivity contribution is 8.06. The molecule has 0 aromatic carbocycles. The van der Waals surface area contributed by atoms with Gasteiger partial charge in [-0.1, -0.05) is 6.92 Å². The lowest BCUT2D eigenvalue weighted by atomic mass is 10.4. The van der Waals surface area contributed by atoms with Crippen LogP contribution in [0.5, 0.6) is 0 Å². The predicted octanol–water partition coefficient (Wildman–Crippen LogP) is 2.37. The fourth-order valence-electron chi connectivity index (χ4n) is 1.91. The molecule has 1 aromatic rings. The van der Waals surface area contributed by atoms with Gasteiger partial charge >= 0.3 is 0 Å². The van der Waals surface area contributed by atoms with E-state index in [0.717, 1.165) is 35.9 Å². The number of hydrogen-bond acceptors (Lipinski definition) is 6. The molecule has 0 amide bonds. The second-order valence-corrected chi connectivity index (χ2v) is 10.5. The van der Waals surface area contributed by atoms with Gasteiger partial charge in [-0.2, -0.15) is 23.5 Å². The minimum absolute atomic E-state index is 0.393. The number of hydrogen-bond donors (Lipinski definition) is 2. The van der Waals surface area contributed by atoms with Crippen LogP contribution in [-0.2, 0) is 16.6 Å². The lowest BCUT2D eigenvalue weighted by molar-refractivity contribution is 0.583. The molecule has 2 rings (SSSR count). The normalized spacial score (nSPS) is 19.8. The largest absolute Gasteiger partial charge is 0.312 e. The first kappa shape index (κ1) is 17.6. The first-order chi connectivity index (χ1) is 10.1. The Morgan fingerprint density at radius 2 is 2.19 bits per heavy atom. The summed E-state index contributed by atoms with van der Waals surface area (Å²) in [7, 11) is -3.35. The Balaban J connectivity index is 1.86. The SMILES string of the molecule is CCCNCc1ccc(S(=O)(=O)NCC2CSCCS2)s1. The van der Waals surface area contributed by atoms with E-state index in [0.29, 0.717) is 16.0 Å². The van der Waals surface area contributed by atoms with Crippen molar-refractivity contribution in [3.05, 3.63) is 17.0 Å². The van der Waals surface area contributed by atoms with Crippen LogP contribution in [0.15, 0.2) is 16.3 Å². The topological polar surface area (TPSA) is 58.2 Å². The average molecular weight is 367 g/mol. The molecule has 1 aromatic heterocycles. The molecule has 4 nitrogen and oxygen atoms in total. The van der Waals surface area contributed by atoms with Crippen molar-refractivity contribution in [2.45, 2.75) is 29.3 Å². The first-order valence-corrected chi connectivity index (χ1v) is 11.6. The van der Waals surface area contributed by atoms with Crippen LogP contribution in [0.3, 0.4) is 0 Å². The summed E-state index contributed by atoms with van der Waals surface area (Å²) in [6.07, 6.45) is 1.08. The zero-order valence-corrected chi connectivity index (χ0v) is 15.4. The molecule has 1 atom stereocenters. The van der Waals surface area contributed by atoms with Crippen LogP contribution in [0.1, 0.15) is 18.2 Å². The Kier molecular flexibility index (Phi) is 7.37. The average Bonchev–Trinajstić information content (AvgIpc) is 2.96. The summed E-state index contributed by atoms with van der Waals surface area (Å²) in [5.41, 5.74) is 0. The third-order valence-electron chi connectivity index (χ3n) is 3.01. The number of nitrogens with one attached hydrogen (secondary N) is 2. The third kappa shape index (κ3) is 5.76. The number of sulfonamides is 1. The van der Waals surface area contributed by atoms with Crippen molar-refractivity contribution in [2.24, 2.45) is 0 Å². The summed E-state index contributed by atoms with van der Waals surface area (Å²) in [6, 6.07) is 3.60. The summed E-state index contributed by atoms with van der Waals surface area (Å²) in [6.45, 7) is 4.34. The van der Waals surface area contributed by atoms with Crippen LogP contribution in [0.2, 0.25) is 0 Å². The van der Waals surface area contributed by atoms with E-state index in [1.165, 1.54) is 17.1 Å². The van der Waals surface area contributed by atoms with Gasteiger partial charge in [-0.25, -0.2) is 13.1 Å². The van der Waals surface area contributed by atoms with Gasteiger partial charge in [0.15, 0.2) is 0 Å². The summed E-state index contributed by atoms with van der Waals surface area (Å²) in [5.74, 6) is 3.32. The molecule has 1 aliphatic rings. The highest BCUT2D eigenvalue weighted by Crippen LogP contribution is 2.25. The van der Waals surface area contributed by atoms with Gasteiger partial charge in [-0.05, 0) is 25.1 Å². The fraction of sp³-hybridized carbons (Fsp3) is 0.692. The third-order valence-corrected chi connectivity index (χ3v) is 8.86. The lowest BCUT2D eigenvalue weighted by Crippen LogP contribution is -2.33. The van der Waals surface area contributed by atoms with Gasteiger partial charge in [-0.15, -0.1) is 11.3 Å². The van der Waals surface area contributed by atoms with Crippen molar-refractivity contribution in [3.8, 4) is 0 Å². The highest BCUT2D eigenvalue weighted by atomic mass is 32.2. The van der Waals surface area contributed by atoms with Crippen molar-refractivity contribution in [1.29, 1.82) is 0 Å². The zero-order chi connectivity index (χ0) is 15.1. The molecule has 1 fully saturated rings. The van der Waals surface area contributed by atoms with Gasteiger partial charge in [0.1, 0.15) is 4.21 Å². The molecule has 8 heteroatoms. The molecule has 21 heavy (non-hydrogen) atoms. The van der Waals surface area contributed by atoms with Crippen LogP contribution in [0.25, 0.3) is 0 Å². The van der Waals surface area contributed by atoms with Gasteiger partial charge in [0.2, 0.25) is 10.0 Å². The molecular weight excluding hydrogens is 344 g/mol. The first-order valence-electron chi connectivity index (χ1n) is 7.10. The Labute approximate surface area is 139 Å². The van der Waals surface area contributed by atoms with Gasteiger partial charge in [0.25, 0.3) is 0 Å². The van der Waals surface area contributed by atoms with E-state index in [-0.39, 0.29) is 0 Å². The van der Waals surface area contributed by atoms with Gasteiger partial charge in [0.05, 0.1) is 0 Å². The molecular formula is C13H22N2O2S4. The van der Waals surface area contributed by atoms with Crippen LogP contribution in [0, 0.1) is 0 Å². The van der Waals surface area contributed by atoms with Gasteiger partial charge < -0.3 is 5.32 Å². The number of thiophene rings is 1. The van der Waals surface area contributed by atoms with Crippen molar-refractivity contribution in [2.75, 3.05) is 30.3 Å². The number of thioether (sulfide) groups is 2. The minimum atomic E-state index is -3.35. The molecule has 2 heterocycles. The second-order valence-electron chi connectivity index (χ2n) is 4.82. The van der Waals surface area contributed by atoms with E-state index in [4.69, 9.17) is 0 Å². The van der Waals surface area contributed by atoms with Gasteiger partial charge in [-0.3, -0.25) is 0 Å². The Morgan fingerprint density at radius 1 is 1.33 bits per heavy atom. The zero-order valence-electron chi connectivity index (χ0n) is 12.1. The molecule has 120 valence electrons. The lowest BCUT2D eigenvalue weighted by Gasteiger charge is -2.20. The monoisotopic (exact) mass is 366 g/mol. The van der Waals surface area contributed by atoms with Crippen LogP contribution in [-0.4, -0.2) is 44.0 Å². The molecule has 0 aliphatic carbocycles. The summed E-state index contributed by atoms with van der Waals surface area (Å²) >= 11 is 5.12.